The minimum atomic E-state index is -0.648. The van der Waals surface area contributed by atoms with Crippen LogP contribution in [0.4, 0.5) is 4.79 Å². The highest BCUT2D eigenvalue weighted by atomic mass is 16.5. The van der Waals surface area contributed by atoms with Crippen molar-refractivity contribution in [2.75, 3.05) is 13.2 Å². The molecule has 6 nitrogen and oxygen atoms in total. The largest absolute Gasteiger partial charge is 0.455 e. The number of carbonyl (C=O) groups excluding carboxylic acids is 3. The molecule has 25 heavy (non-hydrogen) atoms. The standard InChI is InChI=1S/C19H28N2O4/c1-5-14(4)17(15-9-7-6-8-10-15)18(23)25-12-16(22)21-19(24)20-11-13(2)3/h6-10,13-14,17H,5,11-12H2,1-4H3,(H2,20,21,22,24)/t14-,17+/m0/s1. The number of rotatable bonds is 8. The number of hydrogen-bond donors (Lipinski definition) is 2. The van der Waals surface area contributed by atoms with Gasteiger partial charge in [-0.05, 0) is 17.4 Å². The zero-order valence-electron chi connectivity index (χ0n) is 15.4. The average Bonchev–Trinajstić information content (AvgIpc) is 2.59. The van der Waals surface area contributed by atoms with Crippen LogP contribution < -0.4 is 10.6 Å². The second-order valence-corrected chi connectivity index (χ2v) is 6.53. The summed E-state index contributed by atoms with van der Waals surface area (Å²) in [6.07, 6.45) is 0.804. The molecule has 0 unspecified atom stereocenters. The van der Waals surface area contributed by atoms with Crippen LogP contribution in [0.2, 0.25) is 0 Å². The highest BCUT2D eigenvalue weighted by Gasteiger charge is 2.27. The molecule has 0 bridgehead atoms. The van der Waals surface area contributed by atoms with E-state index in [9.17, 15) is 14.4 Å². The molecular weight excluding hydrogens is 320 g/mol. The molecule has 1 aromatic carbocycles. The van der Waals surface area contributed by atoms with E-state index in [-0.39, 0.29) is 11.8 Å². The van der Waals surface area contributed by atoms with Crippen molar-refractivity contribution in [3.63, 3.8) is 0 Å². The van der Waals surface area contributed by atoms with Gasteiger partial charge in [-0.25, -0.2) is 4.79 Å². The molecule has 0 heterocycles. The van der Waals surface area contributed by atoms with E-state index < -0.39 is 30.4 Å². The smallest absolute Gasteiger partial charge is 0.321 e. The van der Waals surface area contributed by atoms with Crippen LogP contribution in [0.15, 0.2) is 30.3 Å². The van der Waals surface area contributed by atoms with Crippen LogP contribution in [-0.2, 0) is 14.3 Å². The number of amides is 3. The van der Waals surface area contributed by atoms with E-state index in [1.807, 2.05) is 58.0 Å². The summed E-state index contributed by atoms with van der Waals surface area (Å²) in [7, 11) is 0. The Morgan fingerprint density at radius 3 is 2.28 bits per heavy atom. The van der Waals surface area contributed by atoms with Crippen LogP contribution in [0, 0.1) is 11.8 Å². The molecule has 0 aliphatic rings. The zero-order valence-corrected chi connectivity index (χ0v) is 15.4. The summed E-state index contributed by atoms with van der Waals surface area (Å²) < 4.78 is 5.14. The summed E-state index contributed by atoms with van der Waals surface area (Å²) in [4.78, 5) is 35.7. The molecule has 1 aromatic rings. The summed E-state index contributed by atoms with van der Waals surface area (Å²) in [6.45, 7) is 7.85. The molecule has 0 aliphatic carbocycles. The lowest BCUT2D eigenvalue weighted by Crippen LogP contribution is -2.42. The lowest BCUT2D eigenvalue weighted by atomic mass is 9.86. The molecule has 1 rings (SSSR count). The van der Waals surface area contributed by atoms with Crippen LogP contribution in [-0.4, -0.2) is 31.1 Å². The van der Waals surface area contributed by atoms with Gasteiger partial charge in [-0.15, -0.1) is 0 Å². The fraction of sp³-hybridized carbons (Fsp3) is 0.526. The van der Waals surface area contributed by atoms with Crippen molar-refractivity contribution in [2.24, 2.45) is 11.8 Å². The summed E-state index contributed by atoms with van der Waals surface area (Å²) in [5, 5.41) is 4.71. The quantitative estimate of drug-likeness (QED) is 0.708. The van der Waals surface area contributed by atoms with Gasteiger partial charge in [0.05, 0.1) is 5.92 Å². The van der Waals surface area contributed by atoms with Crippen LogP contribution in [0.25, 0.3) is 0 Å². The SMILES string of the molecule is CC[C@H](C)[C@@H](C(=O)OCC(=O)NC(=O)NCC(C)C)c1ccccc1. The van der Waals surface area contributed by atoms with Gasteiger partial charge in [-0.3, -0.25) is 14.9 Å². The highest BCUT2D eigenvalue weighted by molar-refractivity contribution is 5.95. The first-order valence-electron chi connectivity index (χ1n) is 8.64. The number of ether oxygens (including phenoxy) is 1. The van der Waals surface area contributed by atoms with Crippen LogP contribution >= 0.6 is 0 Å². The summed E-state index contributed by atoms with van der Waals surface area (Å²) in [5.41, 5.74) is 0.858. The molecule has 0 saturated carbocycles. The van der Waals surface area contributed by atoms with Crippen molar-refractivity contribution < 1.29 is 19.1 Å². The first-order valence-corrected chi connectivity index (χ1v) is 8.64. The third kappa shape index (κ3) is 7.37. The van der Waals surface area contributed by atoms with E-state index in [0.29, 0.717) is 6.54 Å². The maximum Gasteiger partial charge on any atom is 0.321 e. The maximum absolute atomic E-state index is 12.4. The number of imide groups is 1. The summed E-state index contributed by atoms with van der Waals surface area (Å²) in [5.74, 6) is -1.19. The molecule has 0 aliphatic heterocycles. The Kier molecular flexibility index (Phi) is 8.67. The molecule has 3 amide bonds. The van der Waals surface area contributed by atoms with E-state index in [0.717, 1.165) is 12.0 Å². The number of benzene rings is 1. The van der Waals surface area contributed by atoms with Gasteiger partial charge < -0.3 is 10.1 Å². The Balaban J connectivity index is 2.57. The Bertz CT molecular complexity index is 572. The third-order valence-electron chi connectivity index (χ3n) is 3.89. The minimum absolute atomic E-state index is 0.0762. The van der Waals surface area contributed by atoms with Crippen molar-refractivity contribution in [1.82, 2.24) is 10.6 Å². The first-order chi connectivity index (χ1) is 11.8. The van der Waals surface area contributed by atoms with Crippen LogP contribution in [0.5, 0.6) is 0 Å². The normalized spacial score (nSPS) is 13.0. The predicted molar refractivity (Wildman–Crippen MR) is 96.0 cm³/mol. The monoisotopic (exact) mass is 348 g/mol. The Morgan fingerprint density at radius 1 is 1.08 bits per heavy atom. The van der Waals surface area contributed by atoms with E-state index in [4.69, 9.17) is 4.74 Å². The summed E-state index contributed by atoms with van der Waals surface area (Å²) in [6, 6.07) is 8.77. The van der Waals surface area contributed by atoms with Gasteiger partial charge in [0.1, 0.15) is 0 Å². The van der Waals surface area contributed by atoms with Crippen molar-refractivity contribution in [3.05, 3.63) is 35.9 Å². The van der Waals surface area contributed by atoms with Gasteiger partial charge in [0.2, 0.25) is 0 Å². The number of urea groups is 1. The topological polar surface area (TPSA) is 84.5 Å². The average molecular weight is 348 g/mol. The molecule has 0 radical (unpaired) electrons. The number of nitrogens with one attached hydrogen (secondary N) is 2. The number of carbonyl (C=O) groups is 3. The molecular formula is C19H28N2O4. The van der Waals surface area contributed by atoms with E-state index in [1.165, 1.54) is 0 Å². The third-order valence-corrected chi connectivity index (χ3v) is 3.89. The van der Waals surface area contributed by atoms with Gasteiger partial charge >= 0.3 is 12.0 Å². The molecule has 2 N–H and O–H groups in total. The Hall–Kier alpha value is -2.37. The lowest BCUT2D eigenvalue weighted by molar-refractivity contribution is -0.151. The predicted octanol–water partition coefficient (Wildman–Crippen LogP) is 2.84. The summed E-state index contributed by atoms with van der Waals surface area (Å²) >= 11 is 0. The number of hydrogen-bond acceptors (Lipinski definition) is 4. The first kappa shape index (κ1) is 20.7. The minimum Gasteiger partial charge on any atom is -0.455 e. The molecule has 2 atom stereocenters. The van der Waals surface area contributed by atoms with Crippen molar-refractivity contribution >= 4 is 17.9 Å². The fourth-order valence-corrected chi connectivity index (χ4v) is 2.32. The maximum atomic E-state index is 12.4. The van der Waals surface area contributed by atoms with Crippen LogP contribution in [0.1, 0.15) is 45.6 Å². The fourth-order valence-electron chi connectivity index (χ4n) is 2.32. The van der Waals surface area contributed by atoms with Crippen molar-refractivity contribution in [1.29, 1.82) is 0 Å². The highest BCUT2D eigenvalue weighted by Crippen LogP contribution is 2.28. The van der Waals surface area contributed by atoms with E-state index >= 15 is 0 Å². The van der Waals surface area contributed by atoms with E-state index in [1.54, 1.807) is 0 Å². The van der Waals surface area contributed by atoms with Crippen molar-refractivity contribution in [2.45, 2.75) is 40.0 Å². The molecule has 0 saturated heterocycles. The van der Waals surface area contributed by atoms with E-state index in [2.05, 4.69) is 10.6 Å². The second kappa shape index (κ2) is 10.5. The Morgan fingerprint density at radius 2 is 1.72 bits per heavy atom. The molecule has 0 spiro atoms. The molecule has 0 fully saturated rings. The van der Waals surface area contributed by atoms with Crippen molar-refractivity contribution in [3.8, 4) is 0 Å². The van der Waals surface area contributed by atoms with Crippen LogP contribution in [0.3, 0.4) is 0 Å². The Labute approximate surface area is 149 Å². The molecule has 0 aromatic heterocycles. The second-order valence-electron chi connectivity index (χ2n) is 6.53. The van der Waals surface area contributed by atoms with Gasteiger partial charge in [-0.1, -0.05) is 64.4 Å². The van der Waals surface area contributed by atoms with Gasteiger partial charge in [-0.2, -0.15) is 0 Å². The van der Waals surface area contributed by atoms with Gasteiger partial charge in [0, 0.05) is 6.54 Å². The number of esters is 1. The van der Waals surface area contributed by atoms with Gasteiger partial charge in [0.25, 0.3) is 5.91 Å². The van der Waals surface area contributed by atoms with Gasteiger partial charge in [0.15, 0.2) is 6.61 Å². The molecule has 6 heteroatoms. The molecule has 138 valence electrons. The zero-order chi connectivity index (χ0) is 18.8. The lowest BCUT2D eigenvalue weighted by Gasteiger charge is -2.21.